The summed E-state index contributed by atoms with van der Waals surface area (Å²) in [5.41, 5.74) is 1.99. The molecule has 0 fully saturated rings. The van der Waals surface area contributed by atoms with Gasteiger partial charge < -0.3 is 4.74 Å². The van der Waals surface area contributed by atoms with Gasteiger partial charge in [-0.25, -0.2) is 13.1 Å². The molecule has 1 aromatic heterocycles. The van der Waals surface area contributed by atoms with Crippen LogP contribution in [0.5, 0.6) is 5.75 Å². The van der Waals surface area contributed by atoms with Gasteiger partial charge in [-0.05, 0) is 35.1 Å². The maximum Gasteiger partial charge on any atom is 0.250 e. The SMILES string of the molecule is CCc1cc(CNS(=O)(=O)c2cccs2)ccc1OC. The van der Waals surface area contributed by atoms with Crippen molar-refractivity contribution in [3.63, 3.8) is 0 Å². The Hall–Kier alpha value is -1.37. The van der Waals surface area contributed by atoms with Gasteiger partial charge in [-0.15, -0.1) is 11.3 Å². The van der Waals surface area contributed by atoms with Crippen LogP contribution in [0.2, 0.25) is 0 Å². The van der Waals surface area contributed by atoms with Gasteiger partial charge in [-0.2, -0.15) is 0 Å². The molecule has 0 unspecified atom stereocenters. The van der Waals surface area contributed by atoms with Crippen LogP contribution >= 0.6 is 11.3 Å². The topological polar surface area (TPSA) is 55.4 Å². The van der Waals surface area contributed by atoms with E-state index in [0.717, 1.165) is 23.3 Å². The Kier molecular flexibility index (Phi) is 4.80. The van der Waals surface area contributed by atoms with Crippen molar-refractivity contribution in [2.24, 2.45) is 0 Å². The van der Waals surface area contributed by atoms with E-state index in [1.165, 1.54) is 11.3 Å². The van der Waals surface area contributed by atoms with E-state index in [0.29, 0.717) is 4.21 Å². The number of thiophene rings is 1. The molecular formula is C14H17NO3S2. The molecule has 20 heavy (non-hydrogen) atoms. The first-order valence-corrected chi connectivity index (χ1v) is 8.62. The molecule has 0 aliphatic heterocycles. The maximum absolute atomic E-state index is 12.0. The van der Waals surface area contributed by atoms with Crippen molar-refractivity contribution >= 4 is 21.4 Å². The Balaban J connectivity index is 2.12. The molecular weight excluding hydrogens is 294 g/mol. The summed E-state index contributed by atoms with van der Waals surface area (Å²) in [5, 5.41) is 1.75. The highest BCUT2D eigenvalue weighted by molar-refractivity contribution is 7.91. The second-order valence-electron chi connectivity index (χ2n) is 4.26. The van der Waals surface area contributed by atoms with Crippen molar-refractivity contribution in [1.82, 2.24) is 4.72 Å². The first-order valence-electron chi connectivity index (χ1n) is 6.25. The van der Waals surface area contributed by atoms with E-state index < -0.39 is 10.0 Å². The van der Waals surface area contributed by atoms with Gasteiger partial charge in [-0.1, -0.05) is 25.1 Å². The van der Waals surface area contributed by atoms with Gasteiger partial charge in [0, 0.05) is 6.54 Å². The van der Waals surface area contributed by atoms with Gasteiger partial charge in [0.25, 0.3) is 0 Å². The van der Waals surface area contributed by atoms with E-state index in [1.807, 2.05) is 25.1 Å². The van der Waals surface area contributed by atoms with E-state index in [9.17, 15) is 8.42 Å². The highest BCUT2D eigenvalue weighted by Crippen LogP contribution is 2.21. The van der Waals surface area contributed by atoms with Gasteiger partial charge >= 0.3 is 0 Å². The zero-order valence-corrected chi connectivity index (χ0v) is 13.1. The predicted molar refractivity (Wildman–Crippen MR) is 80.7 cm³/mol. The van der Waals surface area contributed by atoms with Crippen LogP contribution in [0.25, 0.3) is 0 Å². The summed E-state index contributed by atoms with van der Waals surface area (Å²) in [6.45, 7) is 2.31. The van der Waals surface area contributed by atoms with E-state index in [-0.39, 0.29) is 6.54 Å². The summed E-state index contributed by atoms with van der Waals surface area (Å²) in [4.78, 5) is 0. The minimum atomic E-state index is -3.41. The highest BCUT2D eigenvalue weighted by atomic mass is 32.2. The molecule has 1 heterocycles. The normalized spacial score (nSPS) is 11.5. The molecule has 2 aromatic rings. The summed E-state index contributed by atoms with van der Waals surface area (Å²) in [6.07, 6.45) is 0.842. The molecule has 0 saturated heterocycles. The minimum absolute atomic E-state index is 0.275. The molecule has 0 bridgehead atoms. The maximum atomic E-state index is 12.0. The molecule has 1 aromatic carbocycles. The summed E-state index contributed by atoms with van der Waals surface area (Å²) < 4.78 is 32.2. The van der Waals surface area contributed by atoms with Crippen LogP contribution in [-0.4, -0.2) is 15.5 Å². The van der Waals surface area contributed by atoms with Crippen LogP contribution in [0, 0.1) is 0 Å². The summed E-state index contributed by atoms with van der Waals surface area (Å²) in [7, 11) is -1.78. The fourth-order valence-corrected chi connectivity index (χ4v) is 3.94. The van der Waals surface area contributed by atoms with E-state index in [1.54, 1.807) is 24.6 Å². The molecule has 0 spiro atoms. The number of methoxy groups -OCH3 is 1. The third-order valence-corrected chi connectivity index (χ3v) is 5.75. The predicted octanol–water partition coefficient (Wildman–Crippen LogP) is 2.80. The molecule has 1 N–H and O–H groups in total. The number of sulfonamides is 1. The van der Waals surface area contributed by atoms with E-state index >= 15 is 0 Å². The molecule has 0 atom stereocenters. The average Bonchev–Trinajstić information content (AvgIpc) is 3.00. The molecule has 4 nitrogen and oxygen atoms in total. The van der Waals surface area contributed by atoms with Gasteiger partial charge in [0.05, 0.1) is 7.11 Å². The zero-order valence-electron chi connectivity index (χ0n) is 11.4. The third-order valence-electron chi connectivity index (χ3n) is 2.95. The van der Waals surface area contributed by atoms with Gasteiger partial charge in [0.15, 0.2) is 0 Å². The van der Waals surface area contributed by atoms with Gasteiger partial charge in [0.2, 0.25) is 10.0 Å². The molecule has 6 heteroatoms. The Morgan fingerprint density at radius 3 is 2.70 bits per heavy atom. The number of hydrogen-bond acceptors (Lipinski definition) is 4. The van der Waals surface area contributed by atoms with Crippen LogP contribution in [-0.2, 0) is 23.0 Å². The van der Waals surface area contributed by atoms with Crippen LogP contribution in [0.1, 0.15) is 18.1 Å². The smallest absolute Gasteiger partial charge is 0.250 e. The fourth-order valence-electron chi connectivity index (χ4n) is 1.88. The third kappa shape index (κ3) is 3.39. The minimum Gasteiger partial charge on any atom is -0.496 e. The molecule has 0 aliphatic carbocycles. The fraction of sp³-hybridized carbons (Fsp3) is 0.286. The monoisotopic (exact) mass is 311 g/mol. The van der Waals surface area contributed by atoms with E-state index in [2.05, 4.69) is 4.72 Å². The highest BCUT2D eigenvalue weighted by Gasteiger charge is 2.14. The second kappa shape index (κ2) is 6.39. The lowest BCUT2D eigenvalue weighted by molar-refractivity contribution is 0.410. The lowest BCUT2D eigenvalue weighted by atomic mass is 10.1. The van der Waals surface area contributed by atoms with Crippen molar-refractivity contribution in [1.29, 1.82) is 0 Å². The summed E-state index contributed by atoms with van der Waals surface area (Å²) in [5.74, 6) is 0.831. The van der Waals surface area contributed by atoms with Crippen molar-refractivity contribution in [3.8, 4) is 5.75 Å². The Morgan fingerprint density at radius 2 is 2.10 bits per heavy atom. The van der Waals surface area contributed by atoms with Gasteiger partial charge in [-0.3, -0.25) is 0 Å². The average molecular weight is 311 g/mol. The Morgan fingerprint density at radius 1 is 1.30 bits per heavy atom. The van der Waals surface area contributed by atoms with E-state index in [4.69, 9.17) is 4.74 Å². The largest absolute Gasteiger partial charge is 0.496 e. The second-order valence-corrected chi connectivity index (χ2v) is 7.20. The van der Waals surface area contributed by atoms with Crippen LogP contribution < -0.4 is 9.46 Å². The lowest BCUT2D eigenvalue weighted by Gasteiger charge is -2.10. The first kappa shape index (κ1) is 15.0. The Labute approximate surface area is 123 Å². The number of hydrogen-bond donors (Lipinski definition) is 1. The molecule has 0 saturated carbocycles. The van der Waals surface area contributed by atoms with Crippen LogP contribution in [0.4, 0.5) is 0 Å². The number of nitrogens with one attached hydrogen (secondary N) is 1. The van der Waals surface area contributed by atoms with Crippen LogP contribution in [0.15, 0.2) is 39.9 Å². The summed E-state index contributed by atoms with van der Waals surface area (Å²) in [6, 6.07) is 9.03. The van der Waals surface area contributed by atoms with Gasteiger partial charge in [0.1, 0.15) is 9.96 Å². The number of aryl methyl sites for hydroxylation is 1. The zero-order chi connectivity index (χ0) is 14.6. The standard InChI is InChI=1S/C14H17NO3S2/c1-3-12-9-11(6-7-13(12)18-2)10-15-20(16,17)14-5-4-8-19-14/h4-9,15H,3,10H2,1-2H3. The molecule has 0 radical (unpaired) electrons. The first-order chi connectivity index (χ1) is 9.56. The molecule has 0 aliphatic rings. The number of benzene rings is 1. The van der Waals surface area contributed by atoms with Crippen molar-refractivity contribution < 1.29 is 13.2 Å². The summed E-state index contributed by atoms with van der Waals surface area (Å²) >= 11 is 1.21. The molecule has 0 amide bonds. The lowest BCUT2D eigenvalue weighted by Crippen LogP contribution is -2.22. The van der Waals surface area contributed by atoms with Crippen molar-refractivity contribution in [3.05, 3.63) is 46.8 Å². The number of rotatable bonds is 6. The molecule has 2 rings (SSSR count). The quantitative estimate of drug-likeness (QED) is 0.892. The van der Waals surface area contributed by atoms with Crippen molar-refractivity contribution in [2.75, 3.05) is 7.11 Å². The van der Waals surface area contributed by atoms with Crippen molar-refractivity contribution in [2.45, 2.75) is 24.1 Å². The number of ether oxygens (including phenoxy) is 1. The van der Waals surface area contributed by atoms with Crippen LogP contribution in [0.3, 0.4) is 0 Å². The Bertz CT molecular complexity index is 664. The molecule has 108 valence electrons.